The zero-order chi connectivity index (χ0) is 19.8. The van der Waals surface area contributed by atoms with Crippen molar-refractivity contribution in [1.82, 2.24) is 24.5 Å². The van der Waals surface area contributed by atoms with Gasteiger partial charge in [-0.2, -0.15) is 0 Å². The second-order valence-electron chi connectivity index (χ2n) is 7.50. The first kappa shape index (κ1) is 19.0. The van der Waals surface area contributed by atoms with E-state index in [0.717, 1.165) is 54.9 Å². The summed E-state index contributed by atoms with van der Waals surface area (Å²) in [5.41, 5.74) is 3.61. The molecule has 3 aromatic rings. The Kier molecular flexibility index (Phi) is 5.18. The molecular formula is C20H25N5O2S. The Morgan fingerprint density at radius 3 is 2.61 bits per heavy atom. The van der Waals surface area contributed by atoms with E-state index >= 15 is 0 Å². The third kappa shape index (κ3) is 3.67. The number of nitrogens with one attached hydrogen (secondary N) is 1. The molecule has 1 amide bonds. The first-order valence-electron chi connectivity index (χ1n) is 9.55. The third-order valence-corrected chi connectivity index (χ3v) is 6.43. The maximum atomic E-state index is 12.7. The van der Waals surface area contributed by atoms with Crippen LogP contribution in [0.2, 0.25) is 0 Å². The van der Waals surface area contributed by atoms with Crippen LogP contribution in [0.5, 0.6) is 0 Å². The van der Waals surface area contributed by atoms with Crippen molar-refractivity contribution in [2.75, 3.05) is 46.3 Å². The molecule has 1 aromatic carbocycles. The molecule has 0 unspecified atom stereocenters. The van der Waals surface area contributed by atoms with E-state index in [0.29, 0.717) is 16.4 Å². The average molecular weight is 400 g/mol. The molecule has 1 N–H and O–H groups in total. The summed E-state index contributed by atoms with van der Waals surface area (Å²) >= 11 is 1.25. The summed E-state index contributed by atoms with van der Waals surface area (Å²) < 4.78 is 1.59. The minimum Gasteiger partial charge on any atom is -0.350 e. The molecule has 0 spiro atoms. The van der Waals surface area contributed by atoms with Gasteiger partial charge in [-0.05, 0) is 44.2 Å². The molecular weight excluding hydrogens is 374 g/mol. The molecule has 8 heteroatoms. The standard InChI is InChI=1S/C20H25N5O2S/c1-13-10-15-16(11-14(13)2)25-18(26)12-17(28-20(25)22-15)19(27)21-4-5-24-8-6-23(3)7-9-24/h10-12H,4-9H2,1-3H3,(H,21,27). The van der Waals surface area contributed by atoms with Gasteiger partial charge in [0.1, 0.15) is 4.88 Å². The SMILES string of the molecule is Cc1cc2nc3sc(C(=O)NCCN4CCN(C)CC4)cc(=O)n3c2cc1C. The van der Waals surface area contributed by atoms with Gasteiger partial charge in [-0.1, -0.05) is 11.3 Å². The van der Waals surface area contributed by atoms with E-state index in [1.54, 1.807) is 4.40 Å². The zero-order valence-corrected chi connectivity index (χ0v) is 17.3. The minimum atomic E-state index is -0.219. The number of rotatable bonds is 4. The lowest BCUT2D eigenvalue weighted by molar-refractivity contribution is 0.0944. The van der Waals surface area contributed by atoms with Crippen molar-refractivity contribution in [2.24, 2.45) is 0 Å². The van der Waals surface area contributed by atoms with Crippen LogP contribution in [0, 0.1) is 13.8 Å². The van der Waals surface area contributed by atoms with Gasteiger partial charge in [0.05, 0.1) is 11.0 Å². The maximum Gasteiger partial charge on any atom is 0.261 e. The van der Waals surface area contributed by atoms with Gasteiger partial charge in [-0.15, -0.1) is 0 Å². The topological polar surface area (TPSA) is 70.0 Å². The Hall–Kier alpha value is -2.29. The Labute approximate surface area is 167 Å². The molecule has 28 heavy (non-hydrogen) atoms. The van der Waals surface area contributed by atoms with Gasteiger partial charge in [-0.3, -0.25) is 18.9 Å². The molecule has 0 aliphatic carbocycles. The molecule has 148 valence electrons. The third-order valence-electron chi connectivity index (χ3n) is 5.45. The number of hydrogen-bond acceptors (Lipinski definition) is 6. The van der Waals surface area contributed by atoms with Gasteiger partial charge in [-0.25, -0.2) is 4.98 Å². The fourth-order valence-electron chi connectivity index (χ4n) is 3.49. The van der Waals surface area contributed by atoms with Crippen LogP contribution in [0.25, 0.3) is 16.0 Å². The number of likely N-dealkylation sites (N-methyl/N-ethyl adjacent to an activating group) is 1. The van der Waals surface area contributed by atoms with E-state index in [1.165, 1.54) is 17.4 Å². The summed E-state index contributed by atoms with van der Waals surface area (Å²) in [5.74, 6) is -0.210. The molecule has 3 heterocycles. The Morgan fingerprint density at radius 2 is 1.86 bits per heavy atom. The van der Waals surface area contributed by atoms with Crippen molar-refractivity contribution in [1.29, 1.82) is 0 Å². The van der Waals surface area contributed by atoms with Crippen molar-refractivity contribution in [3.63, 3.8) is 0 Å². The molecule has 0 radical (unpaired) electrons. The van der Waals surface area contributed by atoms with Gasteiger partial charge in [0.15, 0.2) is 4.96 Å². The van der Waals surface area contributed by atoms with E-state index in [9.17, 15) is 9.59 Å². The fraction of sp³-hybridized carbons (Fsp3) is 0.450. The van der Waals surface area contributed by atoms with Crippen LogP contribution in [0.15, 0.2) is 23.0 Å². The molecule has 1 saturated heterocycles. The summed E-state index contributed by atoms with van der Waals surface area (Å²) in [7, 11) is 2.12. The first-order chi connectivity index (χ1) is 13.4. The van der Waals surface area contributed by atoms with E-state index in [2.05, 4.69) is 27.1 Å². The number of imidazole rings is 1. The van der Waals surface area contributed by atoms with Crippen LogP contribution in [0.1, 0.15) is 20.8 Å². The molecule has 2 aromatic heterocycles. The lowest BCUT2D eigenvalue weighted by Crippen LogP contribution is -2.46. The first-order valence-corrected chi connectivity index (χ1v) is 10.4. The zero-order valence-electron chi connectivity index (χ0n) is 16.5. The van der Waals surface area contributed by atoms with E-state index < -0.39 is 0 Å². The van der Waals surface area contributed by atoms with Crippen molar-refractivity contribution in [3.05, 3.63) is 44.6 Å². The molecule has 0 atom stereocenters. The van der Waals surface area contributed by atoms with Gasteiger partial charge in [0, 0.05) is 45.3 Å². The van der Waals surface area contributed by atoms with Crippen LogP contribution in [-0.2, 0) is 0 Å². The lowest BCUT2D eigenvalue weighted by Gasteiger charge is -2.32. The van der Waals surface area contributed by atoms with Crippen LogP contribution < -0.4 is 10.9 Å². The molecule has 0 saturated carbocycles. The number of fused-ring (bicyclic) bond motifs is 3. The summed E-state index contributed by atoms with van der Waals surface area (Å²) in [4.78, 5) is 35.4. The summed E-state index contributed by atoms with van der Waals surface area (Å²) in [5, 5.41) is 2.94. The predicted octanol–water partition coefficient (Wildman–Crippen LogP) is 1.50. The van der Waals surface area contributed by atoms with Gasteiger partial charge < -0.3 is 10.2 Å². The summed E-state index contributed by atoms with van der Waals surface area (Å²) in [6.07, 6.45) is 0. The van der Waals surface area contributed by atoms with Gasteiger partial charge >= 0.3 is 0 Å². The maximum absolute atomic E-state index is 12.7. The highest BCUT2D eigenvalue weighted by molar-refractivity contribution is 7.18. The highest BCUT2D eigenvalue weighted by atomic mass is 32.1. The van der Waals surface area contributed by atoms with Crippen molar-refractivity contribution >= 4 is 33.2 Å². The smallest absolute Gasteiger partial charge is 0.261 e. The average Bonchev–Trinajstić information content (AvgIpc) is 3.01. The van der Waals surface area contributed by atoms with Gasteiger partial charge in [0.25, 0.3) is 11.5 Å². The number of piperazine rings is 1. The molecule has 7 nitrogen and oxygen atoms in total. The number of hydrogen-bond donors (Lipinski definition) is 1. The highest BCUT2D eigenvalue weighted by Crippen LogP contribution is 2.22. The Balaban J connectivity index is 1.51. The van der Waals surface area contributed by atoms with E-state index in [-0.39, 0.29) is 11.5 Å². The summed E-state index contributed by atoms with van der Waals surface area (Å²) in [6.45, 7) is 9.59. The fourth-order valence-corrected chi connectivity index (χ4v) is 4.44. The van der Waals surface area contributed by atoms with Crippen LogP contribution in [0.3, 0.4) is 0 Å². The van der Waals surface area contributed by atoms with E-state index in [1.807, 2.05) is 26.0 Å². The van der Waals surface area contributed by atoms with Crippen molar-refractivity contribution in [3.8, 4) is 0 Å². The largest absolute Gasteiger partial charge is 0.350 e. The Morgan fingerprint density at radius 1 is 1.14 bits per heavy atom. The number of benzene rings is 1. The minimum absolute atomic E-state index is 0.210. The molecule has 0 bridgehead atoms. The number of amides is 1. The van der Waals surface area contributed by atoms with Crippen LogP contribution >= 0.6 is 11.3 Å². The van der Waals surface area contributed by atoms with E-state index in [4.69, 9.17) is 0 Å². The quantitative estimate of drug-likeness (QED) is 0.720. The predicted molar refractivity (Wildman–Crippen MR) is 113 cm³/mol. The van der Waals surface area contributed by atoms with Crippen molar-refractivity contribution in [2.45, 2.75) is 13.8 Å². The monoisotopic (exact) mass is 399 g/mol. The number of carbonyl (C=O) groups excluding carboxylic acids is 1. The van der Waals surface area contributed by atoms with Crippen LogP contribution in [-0.4, -0.2) is 71.4 Å². The number of aryl methyl sites for hydroxylation is 2. The second-order valence-corrected chi connectivity index (χ2v) is 8.51. The molecule has 1 aliphatic rings. The lowest BCUT2D eigenvalue weighted by atomic mass is 10.1. The molecule has 1 fully saturated rings. The van der Waals surface area contributed by atoms with Crippen LogP contribution in [0.4, 0.5) is 0 Å². The Bertz CT molecular complexity index is 1100. The number of aromatic nitrogens is 2. The number of nitrogens with zero attached hydrogens (tertiary/aromatic N) is 4. The molecule has 4 rings (SSSR count). The normalized spacial score (nSPS) is 16.1. The highest BCUT2D eigenvalue weighted by Gasteiger charge is 2.16. The number of carbonyl (C=O) groups is 1. The van der Waals surface area contributed by atoms with Gasteiger partial charge in [0.2, 0.25) is 0 Å². The molecule has 1 aliphatic heterocycles. The van der Waals surface area contributed by atoms with Crippen molar-refractivity contribution < 1.29 is 4.79 Å². The summed E-state index contributed by atoms with van der Waals surface area (Å²) in [6, 6.07) is 5.38. The second kappa shape index (κ2) is 7.62.